The van der Waals surface area contributed by atoms with Crippen molar-refractivity contribution in [3.05, 3.63) is 69.5 Å². The quantitative estimate of drug-likeness (QED) is 0.551. The van der Waals surface area contributed by atoms with E-state index in [0.29, 0.717) is 56.3 Å². The largest absolute Gasteiger partial charge is 0.480 e. The number of carbonyl (C=O) groups is 2. The lowest BCUT2D eigenvalue weighted by Gasteiger charge is -2.39. The van der Waals surface area contributed by atoms with Gasteiger partial charge in [-0.15, -0.1) is 0 Å². The predicted octanol–water partition coefficient (Wildman–Crippen LogP) is 4.38. The van der Waals surface area contributed by atoms with E-state index < -0.39 is 12.0 Å². The van der Waals surface area contributed by atoms with Crippen LogP contribution in [0.2, 0.25) is 5.02 Å². The molecular formula is C31H37ClFN3O3. The molecule has 2 heterocycles. The Labute approximate surface area is 234 Å². The normalized spacial score (nSPS) is 25.5. The molecule has 6 nitrogen and oxygen atoms in total. The van der Waals surface area contributed by atoms with Crippen molar-refractivity contribution < 1.29 is 19.1 Å². The molecule has 1 N–H and O–H groups in total. The molecule has 3 fully saturated rings. The zero-order valence-electron chi connectivity index (χ0n) is 22.5. The molecule has 6 rings (SSSR count). The number of carboxylic acids is 1. The Morgan fingerprint density at radius 3 is 2.49 bits per heavy atom. The number of rotatable bonds is 7. The molecule has 208 valence electrons. The first kappa shape index (κ1) is 26.7. The Bertz CT molecular complexity index is 1270. The van der Waals surface area contributed by atoms with Crippen LogP contribution in [0.5, 0.6) is 0 Å². The van der Waals surface area contributed by atoms with Gasteiger partial charge in [0.1, 0.15) is 11.9 Å². The molecule has 2 aliphatic heterocycles. The fraction of sp³-hybridized carbons (Fsp3) is 0.548. The zero-order valence-corrected chi connectivity index (χ0v) is 23.3. The number of aliphatic carboxylic acids is 1. The second-order valence-corrected chi connectivity index (χ2v) is 12.6. The fourth-order valence-corrected chi connectivity index (χ4v) is 7.10. The van der Waals surface area contributed by atoms with Crippen LogP contribution in [-0.2, 0) is 28.9 Å². The molecule has 1 amide bonds. The number of aryl methyl sites for hydroxylation is 2. The topological polar surface area (TPSA) is 64.1 Å². The third kappa shape index (κ3) is 5.33. The van der Waals surface area contributed by atoms with Gasteiger partial charge in [0.15, 0.2) is 0 Å². The summed E-state index contributed by atoms with van der Waals surface area (Å²) in [6, 6.07) is 10.6. The van der Waals surface area contributed by atoms with E-state index in [1.165, 1.54) is 23.6 Å². The van der Waals surface area contributed by atoms with Gasteiger partial charge in [-0.1, -0.05) is 35.9 Å². The third-order valence-electron chi connectivity index (χ3n) is 9.68. The minimum atomic E-state index is -0.822. The van der Waals surface area contributed by atoms with Crippen LogP contribution in [0.15, 0.2) is 36.4 Å². The van der Waals surface area contributed by atoms with Crippen LogP contribution in [0.4, 0.5) is 4.39 Å². The number of hydrogen-bond acceptors (Lipinski definition) is 4. The van der Waals surface area contributed by atoms with Crippen LogP contribution in [0.25, 0.3) is 0 Å². The number of carboxylic acid groups (broad SMARTS) is 1. The molecule has 0 aromatic heterocycles. The average molecular weight is 554 g/mol. The van der Waals surface area contributed by atoms with Gasteiger partial charge in [-0.25, -0.2) is 4.39 Å². The number of likely N-dealkylation sites (tertiary alicyclic amines) is 1. The molecule has 1 saturated carbocycles. The number of amides is 1. The van der Waals surface area contributed by atoms with E-state index in [1.807, 2.05) is 9.80 Å². The van der Waals surface area contributed by atoms with E-state index in [4.69, 9.17) is 11.6 Å². The van der Waals surface area contributed by atoms with Crippen molar-refractivity contribution in [1.29, 1.82) is 0 Å². The summed E-state index contributed by atoms with van der Waals surface area (Å²) in [5.41, 5.74) is 4.46. The Hall–Kier alpha value is -2.48. The van der Waals surface area contributed by atoms with Crippen LogP contribution < -0.4 is 0 Å². The van der Waals surface area contributed by atoms with Crippen LogP contribution in [0, 0.1) is 11.7 Å². The van der Waals surface area contributed by atoms with Gasteiger partial charge in [0.25, 0.3) is 0 Å². The Balaban J connectivity index is 1.14. The molecule has 2 aromatic rings. The van der Waals surface area contributed by atoms with Gasteiger partial charge in [-0.3, -0.25) is 19.4 Å². The number of hydrogen-bond donors (Lipinski definition) is 1. The first-order valence-electron chi connectivity index (χ1n) is 14.3. The lowest BCUT2D eigenvalue weighted by Crippen LogP contribution is -2.55. The molecule has 3 atom stereocenters. The molecule has 0 spiro atoms. The lowest BCUT2D eigenvalue weighted by atomic mass is 9.87. The summed E-state index contributed by atoms with van der Waals surface area (Å²) >= 11 is 6.02. The molecule has 39 heavy (non-hydrogen) atoms. The minimum Gasteiger partial charge on any atom is -0.480 e. The lowest BCUT2D eigenvalue weighted by molar-refractivity contribution is -0.145. The van der Waals surface area contributed by atoms with E-state index in [2.05, 4.69) is 30.0 Å². The number of fused-ring (bicyclic) bond motifs is 1. The van der Waals surface area contributed by atoms with Crippen molar-refractivity contribution >= 4 is 23.5 Å². The molecule has 0 radical (unpaired) electrons. The first-order chi connectivity index (χ1) is 18.7. The zero-order chi connectivity index (χ0) is 27.3. The van der Waals surface area contributed by atoms with E-state index >= 15 is 0 Å². The van der Waals surface area contributed by atoms with Crippen LogP contribution in [0.1, 0.15) is 54.4 Å². The van der Waals surface area contributed by atoms with Gasteiger partial charge in [-0.2, -0.15) is 0 Å². The monoisotopic (exact) mass is 553 g/mol. The van der Waals surface area contributed by atoms with E-state index in [1.54, 1.807) is 12.1 Å². The highest BCUT2D eigenvalue weighted by molar-refractivity contribution is 6.30. The molecule has 2 aromatic carbocycles. The summed E-state index contributed by atoms with van der Waals surface area (Å²) in [5, 5.41) is 10.4. The first-order valence-corrected chi connectivity index (χ1v) is 14.7. The summed E-state index contributed by atoms with van der Waals surface area (Å²) in [6.45, 7) is 5.50. The van der Waals surface area contributed by atoms with E-state index in [-0.39, 0.29) is 29.1 Å². The Morgan fingerprint density at radius 1 is 1.05 bits per heavy atom. The highest BCUT2D eigenvalue weighted by atomic mass is 35.5. The SMILES string of the molecule is CC1(N2C[C@@H](C(=O)N3CCN([C@@H](Cc4ccc5c(c4)CCC5)C(=O)O)CC3)[C@H](c3ccc(Cl)cc3F)C2)CC1. The maximum Gasteiger partial charge on any atom is 0.321 e. The summed E-state index contributed by atoms with van der Waals surface area (Å²) in [7, 11) is 0. The summed E-state index contributed by atoms with van der Waals surface area (Å²) in [6.07, 6.45) is 6.01. The van der Waals surface area contributed by atoms with Gasteiger partial charge in [0, 0.05) is 55.7 Å². The van der Waals surface area contributed by atoms with Gasteiger partial charge < -0.3 is 10.0 Å². The van der Waals surface area contributed by atoms with Crippen LogP contribution >= 0.6 is 11.6 Å². The second-order valence-electron chi connectivity index (χ2n) is 12.2. The number of carbonyl (C=O) groups excluding carboxylic acids is 1. The van der Waals surface area contributed by atoms with Crippen molar-refractivity contribution in [2.45, 2.75) is 62.9 Å². The van der Waals surface area contributed by atoms with Crippen molar-refractivity contribution in [2.75, 3.05) is 39.3 Å². The Kier molecular flexibility index (Phi) is 7.19. The van der Waals surface area contributed by atoms with Crippen molar-refractivity contribution in [2.24, 2.45) is 5.92 Å². The Morgan fingerprint density at radius 2 is 1.79 bits per heavy atom. The molecule has 2 saturated heterocycles. The molecule has 2 aliphatic carbocycles. The maximum absolute atomic E-state index is 15.0. The van der Waals surface area contributed by atoms with Gasteiger partial charge >= 0.3 is 5.97 Å². The highest BCUT2D eigenvalue weighted by Gasteiger charge is 2.51. The highest BCUT2D eigenvalue weighted by Crippen LogP contribution is 2.47. The number of piperazine rings is 1. The van der Waals surface area contributed by atoms with E-state index in [0.717, 1.165) is 31.2 Å². The van der Waals surface area contributed by atoms with Crippen molar-refractivity contribution in [1.82, 2.24) is 14.7 Å². The molecule has 0 bridgehead atoms. The number of nitrogens with zero attached hydrogens (tertiary/aromatic N) is 3. The average Bonchev–Trinajstić information content (AvgIpc) is 3.30. The fourth-order valence-electron chi connectivity index (χ4n) is 6.95. The molecular weight excluding hydrogens is 517 g/mol. The maximum atomic E-state index is 15.0. The molecule has 8 heteroatoms. The standard InChI is InChI=1S/C31H37ClFN3O3/c1-31(9-10-31)36-18-25(24-8-7-23(32)17-27(24)33)26(19-36)29(37)35-13-11-34(12-14-35)28(30(38)39)16-20-5-6-21-3-2-4-22(21)15-20/h5-8,15,17,25-26,28H,2-4,9-14,16,18-19H2,1H3,(H,38,39)/t25-,26+,28-/m0/s1. The van der Waals surface area contributed by atoms with Crippen LogP contribution in [-0.4, -0.2) is 82.5 Å². The predicted molar refractivity (Wildman–Crippen MR) is 149 cm³/mol. The van der Waals surface area contributed by atoms with Crippen LogP contribution in [0.3, 0.4) is 0 Å². The van der Waals surface area contributed by atoms with Crippen molar-refractivity contribution in [3.8, 4) is 0 Å². The smallest absolute Gasteiger partial charge is 0.321 e. The molecule has 4 aliphatic rings. The summed E-state index contributed by atoms with van der Waals surface area (Å²) in [4.78, 5) is 32.4. The summed E-state index contributed by atoms with van der Waals surface area (Å²) in [5.74, 6) is -1.68. The van der Waals surface area contributed by atoms with Crippen molar-refractivity contribution in [3.63, 3.8) is 0 Å². The summed E-state index contributed by atoms with van der Waals surface area (Å²) < 4.78 is 15.0. The van der Waals surface area contributed by atoms with Gasteiger partial charge in [0.2, 0.25) is 5.91 Å². The second kappa shape index (κ2) is 10.5. The number of halogens is 2. The molecule has 0 unspecified atom stereocenters. The minimum absolute atomic E-state index is 0.0475. The van der Waals surface area contributed by atoms with Gasteiger partial charge in [0.05, 0.1) is 5.92 Å². The van der Waals surface area contributed by atoms with E-state index in [9.17, 15) is 19.1 Å². The number of benzene rings is 2. The van der Waals surface area contributed by atoms with Gasteiger partial charge in [-0.05, 0) is 79.8 Å². The third-order valence-corrected chi connectivity index (χ3v) is 9.91.